The van der Waals surface area contributed by atoms with Gasteiger partial charge in [-0.1, -0.05) is 18.2 Å². The quantitative estimate of drug-likeness (QED) is 0.824. The Bertz CT molecular complexity index is 783. The zero-order chi connectivity index (χ0) is 18.7. The van der Waals surface area contributed by atoms with E-state index < -0.39 is 0 Å². The number of rotatable bonds is 7. The Labute approximate surface area is 152 Å². The minimum Gasteiger partial charge on any atom is -0.493 e. The molecule has 2 aromatic carbocycles. The molecule has 0 aliphatic heterocycles. The summed E-state index contributed by atoms with van der Waals surface area (Å²) in [5, 5.41) is 2.91. The molecule has 3 rings (SSSR count). The van der Waals surface area contributed by atoms with E-state index in [9.17, 15) is 9.18 Å². The minimum atomic E-state index is -0.252. The molecule has 0 heterocycles. The van der Waals surface area contributed by atoms with Crippen LogP contribution in [0.3, 0.4) is 0 Å². The van der Waals surface area contributed by atoms with Gasteiger partial charge >= 0.3 is 0 Å². The standard InChI is InChI=1S/C20H22FNO4/c1-24-17-8-12(9-18(25-2)19(17)26-3)11-22-20(23)15-10-14(15)13-6-4-5-7-16(13)21/h4-9,14-15H,10-11H2,1-3H3,(H,22,23). The van der Waals surface area contributed by atoms with E-state index >= 15 is 0 Å². The van der Waals surface area contributed by atoms with Crippen LogP contribution in [0.4, 0.5) is 4.39 Å². The van der Waals surface area contributed by atoms with E-state index in [1.165, 1.54) is 13.2 Å². The number of ether oxygens (including phenoxy) is 3. The van der Waals surface area contributed by atoms with Crippen LogP contribution in [0.15, 0.2) is 36.4 Å². The molecule has 26 heavy (non-hydrogen) atoms. The molecule has 1 saturated carbocycles. The van der Waals surface area contributed by atoms with Crippen LogP contribution >= 0.6 is 0 Å². The van der Waals surface area contributed by atoms with Crippen molar-refractivity contribution >= 4 is 5.91 Å². The number of methoxy groups -OCH3 is 3. The molecule has 2 atom stereocenters. The van der Waals surface area contributed by atoms with Crippen molar-refractivity contribution in [3.63, 3.8) is 0 Å². The van der Waals surface area contributed by atoms with Crippen LogP contribution in [0.25, 0.3) is 0 Å². The maximum Gasteiger partial charge on any atom is 0.224 e. The Morgan fingerprint density at radius 2 is 1.77 bits per heavy atom. The minimum absolute atomic E-state index is 0.0452. The third-order valence-electron chi connectivity index (χ3n) is 4.62. The summed E-state index contributed by atoms with van der Waals surface area (Å²) in [4.78, 5) is 12.4. The topological polar surface area (TPSA) is 56.8 Å². The fourth-order valence-electron chi connectivity index (χ4n) is 3.16. The maximum atomic E-state index is 13.8. The first-order valence-corrected chi connectivity index (χ1v) is 8.40. The zero-order valence-corrected chi connectivity index (χ0v) is 15.0. The lowest BCUT2D eigenvalue weighted by Gasteiger charge is -2.14. The molecule has 1 amide bonds. The lowest BCUT2D eigenvalue weighted by molar-refractivity contribution is -0.122. The van der Waals surface area contributed by atoms with E-state index in [4.69, 9.17) is 14.2 Å². The number of halogens is 1. The molecule has 0 bridgehead atoms. The van der Waals surface area contributed by atoms with Gasteiger partial charge in [0, 0.05) is 12.5 Å². The third-order valence-corrected chi connectivity index (χ3v) is 4.62. The summed E-state index contributed by atoms with van der Waals surface area (Å²) in [5.74, 6) is 1.01. The van der Waals surface area contributed by atoms with Gasteiger partial charge in [-0.25, -0.2) is 4.39 Å². The molecular formula is C20H22FNO4. The highest BCUT2D eigenvalue weighted by Gasteiger charge is 2.44. The van der Waals surface area contributed by atoms with Gasteiger partial charge in [-0.15, -0.1) is 0 Å². The molecule has 0 radical (unpaired) electrons. The van der Waals surface area contributed by atoms with Gasteiger partial charge in [0.25, 0.3) is 0 Å². The summed E-state index contributed by atoms with van der Waals surface area (Å²) in [6.07, 6.45) is 0.669. The predicted molar refractivity (Wildman–Crippen MR) is 95.2 cm³/mol. The van der Waals surface area contributed by atoms with Crippen LogP contribution in [0, 0.1) is 11.7 Å². The second kappa shape index (κ2) is 7.64. The number of benzene rings is 2. The molecule has 0 aromatic heterocycles. The van der Waals surface area contributed by atoms with Crippen LogP contribution in [0.5, 0.6) is 17.2 Å². The van der Waals surface area contributed by atoms with Crippen LogP contribution in [-0.4, -0.2) is 27.2 Å². The fourth-order valence-corrected chi connectivity index (χ4v) is 3.16. The highest BCUT2D eigenvalue weighted by atomic mass is 19.1. The van der Waals surface area contributed by atoms with Crippen molar-refractivity contribution in [3.8, 4) is 17.2 Å². The molecular weight excluding hydrogens is 337 g/mol. The Morgan fingerprint density at radius 1 is 1.12 bits per heavy atom. The average molecular weight is 359 g/mol. The van der Waals surface area contributed by atoms with Gasteiger partial charge in [0.05, 0.1) is 21.3 Å². The first kappa shape index (κ1) is 18.0. The second-order valence-corrected chi connectivity index (χ2v) is 6.22. The zero-order valence-electron chi connectivity index (χ0n) is 15.0. The van der Waals surface area contributed by atoms with Crippen molar-refractivity contribution < 1.29 is 23.4 Å². The lowest BCUT2D eigenvalue weighted by atomic mass is 10.1. The van der Waals surface area contributed by atoms with Crippen LogP contribution in [-0.2, 0) is 11.3 Å². The van der Waals surface area contributed by atoms with Crippen LogP contribution < -0.4 is 19.5 Å². The fraction of sp³-hybridized carbons (Fsp3) is 0.350. The highest BCUT2D eigenvalue weighted by molar-refractivity contribution is 5.83. The number of carbonyl (C=O) groups excluding carboxylic acids is 1. The predicted octanol–water partition coefficient (Wildman–Crippen LogP) is 3.27. The van der Waals surface area contributed by atoms with Gasteiger partial charge in [0.15, 0.2) is 11.5 Å². The van der Waals surface area contributed by atoms with Crippen molar-refractivity contribution in [2.24, 2.45) is 5.92 Å². The molecule has 2 unspecified atom stereocenters. The molecule has 0 saturated heterocycles. The van der Waals surface area contributed by atoms with E-state index in [-0.39, 0.29) is 23.6 Å². The molecule has 6 heteroatoms. The normalized spacial score (nSPS) is 18.2. The Hall–Kier alpha value is -2.76. The van der Waals surface area contributed by atoms with Crippen molar-refractivity contribution in [2.75, 3.05) is 21.3 Å². The number of carbonyl (C=O) groups is 1. The molecule has 5 nitrogen and oxygen atoms in total. The smallest absolute Gasteiger partial charge is 0.224 e. The molecule has 1 fully saturated rings. The molecule has 1 aliphatic rings. The van der Waals surface area contributed by atoms with Gasteiger partial charge in [-0.3, -0.25) is 4.79 Å². The summed E-state index contributed by atoms with van der Waals surface area (Å²) in [6, 6.07) is 10.2. The van der Waals surface area contributed by atoms with E-state index in [0.717, 1.165) is 5.56 Å². The van der Waals surface area contributed by atoms with Gasteiger partial charge in [0.2, 0.25) is 11.7 Å². The Morgan fingerprint density at radius 3 is 2.35 bits per heavy atom. The van der Waals surface area contributed by atoms with E-state index in [1.807, 2.05) is 0 Å². The molecule has 1 aliphatic carbocycles. The average Bonchev–Trinajstić information content (AvgIpc) is 3.46. The summed E-state index contributed by atoms with van der Waals surface area (Å²) in [7, 11) is 4.63. The number of amides is 1. The third kappa shape index (κ3) is 3.59. The molecule has 1 N–H and O–H groups in total. The largest absolute Gasteiger partial charge is 0.493 e. The summed E-state index contributed by atoms with van der Waals surface area (Å²) in [5.41, 5.74) is 1.44. The van der Waals surface area contributed by atoms with E-state index in [0.29, 0.717) is 35.8 Å². The van der Waals surface area contributed by atoms with E-state index in [1.54, 1.807) is 44.6 Å². The van der Waals surface area contributed by atoms with Crippen molar-refractivity contribution in [2.45, 2.75) is 18.9 Å². The van der Waals surface area contributed by atoms with E-state index in [2.05, 4.69) is 5.32 Å². The SMILES string of the molecule is COc1cc(CNC(=O)C2CC2c2ccccc2F)cc(OC)c1OC. The summed E-state index contributed by atoms with van der Waals surface area (Å²) < 4.78 is 29.8. The maximum absolute atomic E-state index is 13.8. The van der Waals surface area contributed by atoms with Crippen molar-refractivity contribution in [1.29, 1.82) is 0 Å². The number of hydrogen-bond acceptors (Lipinski definition) is 4. The van der Waals surface area contributed by atoms with Gasteiger partial charge in [-0.05, 0) is 41.7 Å². The lowest BCUT2D eigenvalue weighted by Crippen LogP contribution is -2.25. The molecule has 0 spiro atoms. The van der Waals surface area contributed by atoms with Crippen LogP contribution in [0.1, 0.15) is 23.5 Å². The number of hydrogen-bond donors (Lipinski definition) is 1. The Kier molecular flexibility index (Phi) is 5.30. The van der Waals surface area contributed by atoms with Gasteiger partial charge in [0.1, 0.15) is 5.82 Å². The first-order chi connectivity index (χ1) is 12.6. The molecule has 2 aromatic rings. The van der Waals surface area contributed by atoms with Crippen LogP contribution in [0.2, 0.25) is 0 Å². The second-order valence-electron chi connectivity index (χ2n) is 6.22. The number of nitrogens with one attached hydrogen (secondary N) is 1. The summed E-state index contributed by atoms with van der Waals surface area (Å²) in [6.45, 7) is 0.329. The summed E-state index contributed by atoms with van der Waals surface area (Å²) >= 11 is 0. The highest BCUT2D eigenvalue weighted by Crippen LogP contribution is 2.48. The Balaban J connectivity index is 1.65. The van der Waals surface area contributed by atoms with Crippen molar-refractivity contribution in [3.05, 3.63) is 53.3 Å². The van der Waals surface area contributed by atoms with Gasteiger partial charge in [-0.2, -0.15) is 0 Å². The first-order valence-electron chi connectivity index (χ1n) is 8.40. The van der Waals surface area contributed by atoms with Gasteiger partial charge < -0.3 is 19.5 Å². The monoisotopic (exact) mass is 359 g/mol. The molecule has 138 valence electrons. The van der Waals surface area contributed by atoms with Crippen molar-refractivity contribution in [1.82, 2.24) is 5.32 Å².